The maximum Gasteiger partial charge on any atom is 0.255 e. The van der Waals surface area contributed by atoms with E-state index in [2.05, 4.69) is 21.2 Å². The molecule has 0 spiro atoms. The zero-order valence-electron chi connectivity index (χ0n) is 19.3. The Balaban J connectivity index is 1.37. The van der Waals surface area contributed by atoms with Gasteiger partial charge in [-0.2, -0.15) is 4.31 Å². The van der Waals surface area contributed by atoms with Crippen molar-refractivity contribution < 1.29 is 22.7 Å². The van der Waals surface area contributed by atoms with Crippen molar-refractivity contribution in [2.75, 3.05) is 25.6 Å². The SMILES string of the molecule is CN(Cc1ccccc1)S(=O)(=O)c1ccc(NC(=O)c2ccc(OCC3CCCO3)c(Br)c2)cc1. The van der Waals surface area contributed by atoms with Gasteiger partial charge in [0, 0.05) is 31.5 Å². The molecular formula is C26H27BrN2O5S. The second-order valence-corrected chi connectivity index (χ2v) is 11.2. The van der Waals surface area contributed by atoms with Crippen molar-refractivity contribution >= 4 is 37.5 Å². The van der Waals surface area contributed by atoms with Gasteiger partial charge in [-0.25, -0.2) is 8.42 Å². The van der Waals surface area contributed by atoms with Crippen molar-refractivity contribution in [3.8, 4) is 5.75 Å². The van der Waals surface area contributed by atoms with Crippen LogP contribution in [0.4, 0.5) is 5.69 Å². The second kappa shape index (κ2) is 11.3. The van der Waals surface area contributed by atoms with Crippen LogP contribution in [0.3, 0.4) is 0 Å². The van der Waals surface area contributed by atoms with E-state index in [0.717, 1.165) is 25.0 Å². The summed E-state index contributed by atoms with van der Waals surface area (Å²) in [7, 11) is -2.12. The van der Waals surface area contributed by atoms with Crippen LogP contribution in [0.25, 0.3) is 0 Å². The molecule has 3 aromatic rings. The van der Waals surface area contributed by atoms with Crippen molar-refractivity contribution in [1.29, 1.82) is 0 Å². The predicted octanol–water partition coefficient (Wildman–Crippen LogP) is 5.08. The normalized spacial score (nSPS) is 15.8. The smallest absolute Gasteiger partial charge is 0.255 e. The number of carbonyl (C=O) groups excluding carboxylic acids is 1. The number of ether oxygens (including phenoxy) is 2. The number of benzene rings is 3. The van der Waals surface area contributed by atoms with Crippen LogP contribution in [-0.4, -0.2) is 45.0 Å². The molecular weight excluding hydrogens is 532 g/mol. The second-order valence-electron chi connectivity index (χ2n) is 8.32. The first kappa shape index (κ1) is 25.4. The van der Waals surface area contributed by atoms with Crippen LogP contribution < -0.4 is 10.1 Å². The Morgan fingerprint density at radius 3 is 2.51 bits per heavy atom. The Kier molecular flexibility index (Phi) is 8.22. The fourth-order valence-corrected chi connectivity index (χ4v) is 5.39. The molecule has 1 unspecified atom stereocenters. The number of carbonyl (C=O) groups is 1. The summed E-state index contributed by atoms with van der Waals surface area (Å²) in [4.78, 5) is 12.9. The summed E-state index contributed by atoms with van der Waals surface area (Å²) in [5.74, 6) is 0.333. The van der Waals surface area contributed by atoms with Gasteiger partial charge in [-0.1, -0.05) is 30.3 Å². The third-order valence-electron chi connectivity index (χ3n) is 5.71. The van der Waals surface area contributed by atoms with Crippen molar-refractivity contribution in [3.63, 3.8) is 0 Å². The van der Waals surface area contributed by atoms with Crippen LogP contribution in [0, 0.1) is 0 Å². The average molecular weight is 559 g/mol. The molecule has 184 valence electrons. The Morgan fingerprint density at radius 1 is 1.11 bits per heavy atom. The quantitative estimate of drug-likeness (QED) is 0.396. The van der Waals surface area contributed by atoms with E-state index in [4.69, 9.17) is 9.47 Å². The molecule has 1 heterocycles. The van der Waals surface area contributed by atoms with Crippen LogP contribution in [0.1, 0.15) is 28.8 Å². The molecule has 0 radical (unpaired) electrons. The highest BCUT2D eigenvalue weighted by molar-refractivity contribution is 9.10. The third-order valence-corrected chi connectivity index (χ3v) is 8.15. The summed E-state index contributed by atoms with van der Waals surface area (Å²) in [6, 6.07) is 20.6. The molecule has 1 atom stereocenters. The van der Waals surface area contributed by atoms with Gasteiger partial charge in [0.1, 0.15) is 12.4 Å². The number of halogens is 1. The number of nitrogens with one attached hydrogen (secondary N) is 1. The molecule has 0 aliphatic carbocycles. The number of hydrogen-bond donors (Lipinski definition) is 1. The highest BCUT2D eigenvalue weighted by Crippen LogP contribution is 2.28. The van der Waals surface area contributed by atoms with Crippen LogP contribution >= 0.6 is 15.9 Å². The maximum absolute atomic E-state index is 12.9. The lowest BCUT2D eigenvalue weighted by molar-refractivity contribution is 0.0677. The first-order valence-electron chi connectivity index (χ1n) is 11.3. The molecule has 1 aliphatic heterocycles. The van der Waals surface area contributed by atoms with Gasteiger partial charge < -0.3 is 14.8 Å². The van der Waals surface area contributed by atoms with Gasteiger partial charge in [-0.3, -0.25) is 4.79 Å². The Hall–Kier alpha value is -2.72. The van der Waals surface area contributed by atoms with Gasteiger partial charge in [0.25, 0.3) is 5.91 Å². The first-order chi connectivity index (χ1) is 16.8. The number of anilines is 1. The Bertz CT molecular complexity index is 1260. The van der Waals surface area contributed by atoms with Crippen molar-refractivity contribution in [1.82, 2.24) is 4.31 Å². The van der Waals surface area contributed by atoms with Crippen LogP contribution in [0.2, 0.25) is 0 Å². The summed E-state index contributed by atoms with van der Waals surface area (Å²) in [5, 5.41) is 2.80. The lowest BCUT2D eigenvalue weighted by Gasteiger charge is -2.17. The first-order valence-corrected chi connectivity index (χ1v) is 13.5. The van der Waals surface area contributed by atoms with E-state index in [1.807, 2.05) is 30.3 Å². The van der Waals surface area contributed by atoms with Gasteiger partial charge in [-0.15, -0.1) is 0 Å². The van der Waals surface area contributed by atoms with E-state index in [1.165, 1.54) is 16.4 Å². The monoisotopic (exact) mass is 558 g/mol. The molecule has 9 heteroatoms. The fraction of sp³-hybridized carbons (Fsp3) is 0.269. The molecule has 1 amide bonds. The molecule has 3 aromatic carbocycles. The van der Waals surface area contributed by atoms with E-state index in [-0.39, 0.29) is 23.5 Å². The van der Waals surface area contributed by atoms with Gasteiger partial charge in [0.2, 0.25) is 10.0 Å². The third kappa shape index (κ3) is 6.49. The van der Waals surface area contributed by atoms with Crippen molar-refractivity contribution in [3.05, 3.63) is 88.4 Å². The van der Waals surface area contributed by atoms with Crippen LogP contribution in [0.15, 0.2) is 82.2 Å². The summed E-state index contributed by atoms with van der Waals surface area (Å²) in [6.45, 7) is 1.51. The van der Waals surface area contributed by atoms with E-state index >= 15 is 0 Å². The topological polar surface area (TPSA) is 84.9 Å². The highest BCUT2D eigenvalue weighted by Gasteiger charge is 2.21. The summed E-state index contributed by atoms with van der Waals surface area (Å²) >= 11 is 3.46. The number of nitrogens with zero attached hydrogens (tertiary/aromatic N) is 1. The summed E-state index contributed by atoms with van der Waals surface area (Å²) in [5.41, 5.74) is 1.84. The molecule has 35 heavy (non-hydrogen) atoms. The minimum Gasteiger partial charge on any atom is -0.490 e. The van der Waals surface area contributed by atoms with E-state index in [0.29, 0.717) is 28.1 Å². The number of sulfonamides is 1. The molecule has 7 nitrogen and oxygen atoms in total. The fourth-order valence-electron chi connectivity index (χ4n) is 3.74. The minimum absolute atomic E-state index is 0.106. The van der Waals surface area contributed by atoms with Crippen LogP contribution in [-0.2, 0) is 21.3 Å². The Labute approximate surface area is 214 Å². The number of rotatable bonds is 9. The number of hydrogen-bond acceptors (Lipinski definition) is 5. The lowest BCUT2D eigenvalue weighted by atomic mass is 10.2. The summed E-state index contributed by atoms with van der Waals surface area (Å²) < 4.78 is 39.2. The minimum atomic E-state index is -3.67. The Morgan fingerprint density at radius 2 is 1.86 bits per heavy atom. The summed E-state index contributed by atoms with van der Waals surface area (Å²) in [6.07, 6.45) is 2.14. The van der Waals surface area contributed by atoms with E-state index in [9.17, 15) is 13.2 Å². The van der Waals surface area contributed by atoms with E-state index < -0.39 is 10.0 Å². The van der Waals surface area contributed by atoms with Gasteiger partial charge >= 0.3 is 0 Å². The lowest BCUT2D eigenvalue weighted by Crippen LogP contribution is -2.26. The molecule has 0 bridgehead atoms. The van der Waals surface area contributed by atoms with Gasteiger partial charge in [-0.05, 0) is 76.8 Å². The van der Waals surface area contributed by atoms with Crippen molar-refractivity contribution in [2.24, 2.45) is 0 Å². The standard InChI is InChI=1S/C26H27BrN2O5S/c1-29(17-19-6-3-2-4-7-19)35(31,32)23-12-10-21(11-13-23)28-26(30)20-9-14-25(24(27)16-20)34-18-22-8-5-15-33-22/h2-4,6-7,9-14,16,22H,5,8,15,17-18H2,1H3,(H,28,30). The molecule has 4 rings (SSSR count). The molecule has 1 saturated heterocycles. The maximum atomic E-state index is 12.9. The van der Waals surface area contributed by atoms with Crippen LogP contribution in [0.5, 0.6) is 5.75 Å². The zero-order chi connectivity index (χ0) is 24.8. The largest absolute Gasteiger partial charge is 0.490 e. The predicted molar refractivity (Wildman–Crippen MR) is 138 cm³/mol. The average Bonchev–Trinajstić information content (AvgIpc) is 3.38. The molecule has 0 aromatic heterocycles. The highest BCUT2D eigenvalue weighted by atomic mass is 79.9. The van der Waals surface area contributed by atoms with Gasteiger partial charge in [0.15, 0.2) is 0 Å². The van der Waals surface area contributed by atoms with Crippen molar-refractivity contribution in [2.45, 2.75) is 30.4 Å². The molecule has 1 N–H and O–H groups in total. The molecule has 1 aliphatic rings. The van der Waals surface area contributed by atoms with Gasteiger partial charge in [0.05, 0.1) is 15.5 Å². The molecule has 0 saturated carbocycles. The number of amides is 1. The molecule has 1 fully saturated rings. The zero-order valence-corrected chi connectivity index (χ0v) is 21.7. The van der Waals surface area contributed by atoms with E-state index in [1.54, 1.807) is 37.4 Å².